The highest BCUT2D eigenvalue weighted by molar-refractivity contribution is 6.34. The molecule has 0 fully saturated rings. The normalized spacial score (nSPS) is 13.0. The fraction of sp³-hybridized carbons (Fsp3) is 0.333. The Kier molecular flexibility index (Phi) is 2.63. The molecule has 18 heavy (non-hydrogen) atoms. The molecule has 2 aromatic heterocycles. The Morgan fingerprint density at radius 2 is 2.44 bits per heavy atom. The van der Waals surface area contributed by atoms with Gasteiger partial charge in [-0.3, -0.25) is 0 Å². The number of fused-ring (bicyclic) bond motifs is 3. The zero-order valence-electron chi connectivity index (χ0n) is 9.75. The molecule has 1 aliphatic rings. The summed E-state index contributed by atoms with van der Waals surface area (Å²) in [4.78, 5) is 14.7. The molecule has 3 rings (SSSR count). The van der Waals surface area contributed by atoms with Gasteiger partial charge in [0.1, 0.15) is 5.69 Å². The number of H-pyrrole nitrogens is 1. The summed E-state index contributed by atoms with van der Waals surface area (Å²) in [6.07, 6.45) is 3.26. The van der Waals surface area contributed by atoms with Crippen LogP contribution in [0.2, 0.25) is 5.02 Å². The molecule has 0 amide bonds. The van der Waals surface area contributed by atoms with E-state index in [2.05, 4.69) is 10.1 Å². The minimum absolute atomic E-state index is 0.285. The maximum Gasteiger partial charge on any atom is 0.356 e. The smallest absolute Gasteiger partial charge is 0.356 e. The van der Waals surface area contributed by atoms with Gasteiger partial charge in [0.15, 0.2) is 5.76 Å². The van der Waals surface area contributed by atoms with Crippen LogP contribution >= 0.6 is 11.6 Å². The van der Waals surface area contributed by atoms with E-state index >= 15 is 0 Å². The van der Waals surface area contributed by atoms with Crippen LogP contribution in [-0.4, -0.2) is 22.7 Å². The first-order chi connectivity index (χ1) is 8.72. The van der Waals surface area contributed by atoms with Crippen molar-refractivity contribution in [3.63, 3.8) is 0 Å². The Hall–Kier alpha value is -1.75. The van der Waals surface area contributed by atoms with E-state index in [-0.39, 0.29) is 5.69 Å². The predicted octanol–water partition coefficient (Wildman–Crippen LogP) is 2.60. The predicted molar refractivity (Wildman–Crippen MR) is 64.7 cm³/mol. The van der Waals surface area contributed by atoms with Crippen LogP contribution in [0.25, 0.3) is 11.5 Å². The Balaban J connectivity index is 2.10. The number of aryl methyl sites for hydroxylation is 1. The molecule has 0 spiro atoms. The van der Waals surface area contributed by atoms with Gasteiger partial charge < -0.3 is 14.2 Å². The molecular weight excluding hydrogens is 256 g/mol. The molecule has 5 nitrogen and oxygen atoms in total. The number of hydrogen-bond acceptors (Lipinski definition) is 4. The molecule has 6 heteroatoms. The maximum absolute atomic E-state index is 11.7. The first-order valence-corrected chi connectivity index (χ1v) is 6.11. The maximum atomic E-state index is 11.7. The summed E-state index contributed by atoms with van der Waals surface area (Å²) in [5, 5.41) is 4.19. The first-order valence-electron chi connectivity index (χ1n) is 5.73. The second kappa shape index (κ2) is 4.17. The average Bonchev–Trinajstić information content (AvgIpc) is 2.93. The van der Waals surface area contributed by atoms with Crippen molar-refractivity contribution in [2.24, 2.45) is 0 Å². The summed E-state index contributed by atoms with van der Waals surface area (Å²) < 4.78 is 10.2. The van der Waals surface area contributed by atoms with E-state index in [0.29, 0.717) is 17.4 Å². The Morgan fingerprint density at radius 1 is 1.61 bits per heavy atom. The Bertz CT molecular complexity index is 615. The molecule has 0 radical (unpaired) electrons. The van der Waals surface area contributed by atoms with Gasteiger partial charge in [0, 0.05) is 11.1 Å². The number of carbonyl (C=O) groups is 1. The number of halogens is 1. The van der Waals surface area contributed by atoms with Crippen molar-refractivity contribution < 1.29 is 14.1 Å². The van der Waals surface area contributed by atoms with Crippen molar-refractivity contribution >= 4 is 17.6 Å². The van der Waals surface area contributed by atoms with Crippen LogP contribution < -0.4 is 0 Å². The van der Waals surface area contributed by atoms with E-state index in [1.165, 1.54) is 0 Å². The molecule has 94 valence electrons. The van der Waals surface area contributed by atoms with E-state index in [1.54, 1.807) is 13.1 Å². The topological polar surface area (TPSA) is 68.1 Å². The highest BCUT2D eigenvalue weighted by Gasteiger charge is 2.28. The largest absolute Gasteiger partial charge is 0.461 e. The number of aromatic nitrogens is 2. The molecule has 0 unspecified atom stereocenters. The summed E-state index contributed by atoms with van der Waals surface area (Å²) in [5.74, 6) is 0.215. The van der Waals surface area contributed by atoms with Crippen LogP contribution in [0.3, 0.4) is 0 Å². The van der Waals surface area contributed by atoms with Gasteiger partial charge in [0.2, 0.25) is 0 Å². The van der Waals surface area contributed by atoms with Gasteiger partial charge in [-0.05, 0) is 19.8 Å². The van der Waals surface area contributed by atoms with Crippen molar-refractivity contribution in [3.05, 3.63) is 28.0 Å². The van der Waals surface area contributed by atoms with Crippen molar-refractivity contribution in [3.8, 4) is 11.5 Å². The number of esters is 1. The van der Waals surface area contributed by atoms with E-state index < -0.39 is 5.97 Å². The van der Waals surface area contributed by atoms with Crippen molar-refractivity contribution in [1.29, 1.82) is 0 Å². The molecule has 2 heterocycles. The summed E-state index contributed by atoms with van der Waals surface area (Å²) >= 11 is 6.21. The molecule has 0 atom stereocenters. The number of aromatic amines is 1. The lowest BCUT2D eigenvalue weighted by molar-refractivity contribution is 0.0520. The number of nitrogens with one attached hydrogen (secondary N) is 1. The van der Waals surface area contributed by atoms with Gasteiger partial charge in [-0.2, -0.15) is 0 Å². The number of hydrogen-bond donors (Lipinski definition) is 1. The number of ether oxygens (including phenoxy) is 1. The van der Waals surface area contributed by atoms with E-state index in [4.69, 9.17) is 20.9 Å². The lowest BCUT2D eigenvalue weighted by atomic mass is 9.97. The highest BCUT2D eigenvalue weighted by atomic mass is 35.5. The first kappa shape index (κ1) is 11.3. The van der Waals surface area contributed by atoms with E-state index in [9.17, 15) is 4.79 Å². The number of carbonyl (C=O) groups excluding carboxylic acids is 1. The third kappa shape index (κ3) is 1.54. The van der Waals surface area contributed by atoms with Gasteiger partial charge in [-0.25, -0.2) is 4.79 Å². The van der Waals surface area contributed by atoms with Crippen LogP contribution in [0, 0.1) is 0 Å². The number of nitrogens with zero attached hydrogens (tertiary/aromatic N) is 1. The summed E-state index contributed by atoms with van der Waals surface area (Å²) in [6.45, 7) is 2.07. The molecule has 0 bridgehead atoms. The number of rotatable bonds is 2. The Morgan fingerprint density at radius 3 is 3.22 bits per heavy atom. The van der Waals surface area contributed by atoms with Gasteiger partial charge >= 0.3 is 5.97 Å². The van der Waals surface area contributed by atoms with E-state index in [0.717, 1.165) is 29.7 Å². The molecule has 1 N–H and O–H groups in total. The summed E-state index contributed by atoms with van der Waals surface area (Å²) in [5.41, 5.74) is 2.94. The van der Waals surface area contributed by atoms with Gasteiger partial charge in [-0.1, -0.05) is 16.8 Å². The third-order valence-corrected chi connectivity index (χ3v) is 3.45. The van der Waals surface area contributed by atoms with Gasteiger partial charge in [-0.15, -0.1) is 0 Å². The minimum atomic E-state index is -0.446. The van der Waals surface area contributed by atoms with Crippen LogP contribution in [0.1, 0.15) is 28.5 Å². The standard InChI is InChI=1S/C12H11ClN2O3/c1-2-17-12(16)10-8(13)7-4-3-6-5-14-18-11(6)9(7)15-10/h5,15H,2-4H2,1H3. The minimum Gasteiger partial charge on any atom is -0.461 e. The monoisotopic (exact) mass is 266 g/mol. The molecule has 0 saturated carbocycles. The third-order valence-electron chi connectivity index (χ3n) is 3.03. The molecule has 0 saturated heterocycles. The van der Waals surface area contributed by atoms with Crippen molar-refractivity contribution in [2.45, 2.75) is 19.8 Å². The molecular formula is C12H11ClN2O3. The van der Waals surface area contributed by atoms with Crippen molar-refractivity contribution in [2.75, 3.05) is 6.61 Å². The lowest BCUT2D eigenvalue weighted by Gasteiger charge is -2.08. The summed E-state index contributed by atoms with van der Waals surface area (Å²) in [6, 6.07) is 0. The molecule has 2 aromatic rings. The molecule has 0 aromatic carbocycles. The zero-order chi connectivity index (χ0) is 12.7. The molecule has 0 aliphatic heterocycles. The average molecular weight is 267 g/mol. The quantitative estimate of drug-likeness (QED) is 0.849. The van der Waals surface area contributed by atoms with Gasteiger partial charge in [0.25, 0.3) is 0 Å². The van der Waals surface area contributed by atoms with Gasteiger partial charge in [0.05, 0.1) is 23.5 Å². The highest BCUT2D eigenvalue weighted by Crippen LogP contribution is 2.38. The Labute approximate surface area is 108 Å². The SMILES string of the molecule is CCOC(=O)c1[nH]c2c(c1Cl)CCc1cnoc1-2. The molecule has 1 aliphatic carbocycles. The van der Waals surface area contributed by atoms with Crippen LogP contribution in [0.5, 0.6) is 0 Å². The zero-order valence-corrected chi connectivity index (χ0v) is 10.5. The fourth-order valence-corrected chi connectivity index (χ4v) is 2.51. The van der Waals surface area contributed by atoms with E-state index in [1.807, 2.05) is 0 Å². The fourth-order valence-electron chi connectivity index (χ4n) is 2.19. The summed E-state index contributed by atoms with van der Waals surface area (Å²) in [7, 11) is 0. The second-order valence-corrected chi connectivity index (χ2v) is 4.45. The van der Waals surface area contributed by atoms with Crippen LogP contribution in [0.4, 0.5) is 0 Å². The van der Waals surface area contributed by atoms with Crippen molar-refractivity contribution in [1.82, 2.24) is 10.1 Å². The second-order valence-electron chi connectivity index (χ2n) is 4.07. The van der Waals surface area contributed by atoms with Crippen LogP contribution in [-0.2, 0) is 17.6 Å². The lowest BCUT2D eigenvalue weighted by Crippen LogP contribution is -2.05. The van der Waals surface area contributed by atoms with Crippen LogP contribution in [0.15, 0.2) is 10.7 Å².